The van der Waals surface area contributed by atoms with Crippen molar-refractivity contribution in [1.82, 2.24) is 4.90 Å². The van der Waals surface area contributed by atoms with Gasteiger partial charge in [0.25, 0.3) is 0 Å². The molecule has 94 valence electrons. The summed E-state index contributed by atoms with van der Waals surface area (Å²) in [5.74, 6) is 0.297. The molecule has 0 spiro atoms. The Morgan fingerprint density at radius 1 is 1.56 bits per heavy atom. The molecule has 2 atom stereocenters. The summed E-state index contributed by atoms with van der Waals surface area (Å²) in [6, 6.07) is 0.417. The number of ether oxygens (including phenoxy) is 1. The summed E-state index contributed by atoms with van der Waals surface area (Å²) >= 11 is 0. The second-order valence-electron chi connectivity index (χ2n) is 4.51. The number of nitrogens with one attached hydrogen (secondary N) is 1. The number of likely N-dealkylation sites (tertiary alicyclic amines) is 1. The molecule has 4 nitrogen and oxygen atoms in total. The maximum atomic E-state index is 7.40. The summed E-state index contributed by atoms with van der Waals surface area (Å²) in [5, 5.41) is 7.40. The topological polar surface area (TPSA) is 62.3 Å². The maximum Gasteiger partial charge on any atom is 0.0921 e. The molecule has 1 rings (SSSR count). The van der Waals surface area contributed by atoms with Crippen molar-refractivity contribution >= 4 is 5.84 Å². The normalized spacial score (nSPS) is 24.2. The van der Waals surface area contributed by atoms with Gasteiger partial charge in [0.2, 0.25) is 0 Å². The van der Waals surface area contributed by atoms with Crippen LogP contribution in [0, 0.1) is 5.41 Å². The zero-order valence-corrected chi connectivity index (χ0v) is 10.5. The molecular formula is C12H25N3O. The average molecular weight is 227 g/mol. The van der Waals surface area contributed by atoms with E-state index >= 15 is 0 Å². The number of amidine groups is 1. The van der Waals surface area contributed by atoms with E-state index in [9.17, 15) is 0 Å². The predicted molar refractivity (Wildman–Crippen MR) is 66.8 cm³/mol. The largest absolute Gasteiger partial charge is 0.388 e. The van der Waals surface area contributed by atoms with E-state index in [1.54, 1.807) is 0 Å². The molecule has 0 amide bonds. The Morgan fingerprint density at radius 3 is 2.88 bits per heavy atom. The van der Waals surface area contributed by atoms with E-state index in [0.717, 1.165) is 26.1 Å². The number of rotatable bonds is 6. The molecule has 1 fully saturated rings. The van der Waals surface area contributed by atoms with Gasteiger partial charge >= 0.3 is 0 Å². The van der Waals surface area contributed by atoms with Gasteiger partial charge in [0.15, 0.2) is 0 Å². The monoisotopic (exact) mass is 227 g/mol. The predicted octanol–water partition coefficient (Wildman–Crippen LogP) is 1.59. The van der Waals surface area contributed by atoms with Crippen molar-refractivity contribution in [1.29, 1.82) is 5.41 Å². The highest BCUT2D eigenvalue weighted by atomic mass is 16.5. The smallest absolute Gasteiger partial charge is 0.0921 e. The van der Waals surface area contributed by atoms with Crippen LogP contribution in [-0.2, 0) is 4.74 Å². The third-order valence-corrected chi connectivity index (χ3v) is 3.26. The quantitative estimate of drug-likeness (QED) is 0.535. The van der Waals surface area contributed by atoms with Gasteiger partial charge in [0.05, 0.1) is 11.9 Å². The summed E-state index contributed by atoms with van der Waals surface area (Å²) in [7, 11) is 0. The van der Waals surface area contributed by atoms with E-state index in [1.165, 1.54) is 12.8 Å². The lowest BCUT2D eigenvalue weighted by atomic mass is 10.0. The van der Waals surface area contributed by atoms with Crippen molar-refractivity contribution in [2.45, 2.75) is 51.7 Å². The first-order chi connectivity index (χ1) is 7.67. The highest BCUT2D eigenvalue weighted by Crippen LogP contribution is 2.18. The van der Waals surface area contributed by atoms with Crippen molar-refractivity contribution in [3.8, 4) is 0 Å². The molecule has 1 aliphatic rings. The van der Waals surface area contributed by atoms with Crippen LogP contribution in [0.15, 0.2) is 0 Å². The molecule has 0 saturated carbocycles. The van der Waals surface area contributed by atoms with Gasteiger partial charge in [-0.3, -0.25) is 10.3 Å². The lowest BCUT2D eigenvalue weighted by molar-refractivity contribution is -0.00697. The lowest BCUT2D eigenvalue weighted by Crippen LogP contribution is -2.46. The first-order valence-corrected chi connectivity index (χ1v) is 6.35. The van der Waals surface area contributed by atoms with Crippen LogP contribution in [-0.4, -0.2) is 42.6 Å². The van der Waals surface area contributed by atoms with E-state index in [-0.39, 0.29) is 0 Å². The van der Waals surface area contributed by atoms with Gasteiger partial charge in [-0.05, 0) is 32.7 Å². The number of nitrogens with zero attached hydrogens (tertiary/aromatic N) is 1. The van der Waals surface area contributed by atoms with E-state index in [1.807, 2.05) is 6.92 Å². The Bertz CT molecular complexity index is 218. The number of hydrogen-bond acceptors (Lipinski definition) is 3. The highest BCUT2D eigenvalue weighted by Gasteiger charge is 2.25. The van der Waals surface area contributed by atoms with Crippen molar-refractivity contribution in [2.75, 3.05) is 19.7 Å². The Morgan fingerprint density at radius 2 is 2.31 bits per heavy atom. The van der Waals surface area contributed by atoms with Crippen molar-refractivity contribution in [2.24, 2.45) is 5.73 Å². The second-order valence-corrected chi connectivity index (χ2v) is 4.51. The average Bonchev–Trinajstić information content (AvgIpc) is 2.26. The fourth-order valence-corrected chi connectivity index (χ4v) is 2.46. The van der Waals surface area contributed by atoms with Crippen molar-refractivity contribution in [3.63, 3.8) is 0 Å². The molecule has 4 heteroatoms. The molecule has 0 bridgehead atoms. The molecule has 0 aromatic heterocycles. The maximum absolute atomic E-state index is 7.40. The van der Waals surface area contributed by atoms with E-state index < -0.39 is 0 Å². The number of hydrogen-bond donors (Lipinski definition) is 2. The van der Waals surface area contributed by atoms with E-state index in [2.05, 4.69) is 11.8 Å². The SMILES string of the molecule is CCOC1CCCN(C(CC)CC(=N)N)C1. The molecule has 1 saturated heterocycles. The molecular weight excluding hydrogens is 202 g/mol. The van der Waals surface area contributed by atoms with Crippen LogP contribution in [0.4, 0.5) is 0 Å². The molecule has 0 aliphatic carbocycles. The Balaban J connectivity index is 2.46. The van der Waals surface area contributed by atoms with Crippen LogP contribution >= 0.6 is 0 Å². The van der Waals surface area contributed by atoms with Gasteiger partial charge < -0.3 is 10.5 Å². The summed E-state index contributed by atoms with van der Waals surface area (Å²) in [6.07, 6.45) is 4.48. The van der Waals surface area contributed by atoms with Gasteiger partial charge in [0, 0.05) is 25.6 Å². The lowest BCUT2D eigenvalue weighted by Gasteiger charge is -2.37. The minimum absolute atomic E-state index is 0.297. The second kappa shape index (κ2) is 6.86. The van der Waals surface area contributed by atoms with E-state index in [4.69, 9.17) is 15.9 Å². The first kappa shape index (κ1) is 13.5. The van der Waals surface area contributed by atoms with Gasteiger partial charge in [-0.25, -0.2) is 0 Å². The van der Waals surface area contributed by atoms with E-state index in [0.29, 0.717) is 24.4 Å². The Kier molecular flexibility index (Phi) is 5.77. The standard InChI is InChI=1S/C12H25N3O/c1-3-10(8-12(13)14)15-7-5-6-11(9-15)16-4-2/h10-11H,3-9H2,1-2H3,(H3,13,14). The summed E-state index contributed by atoms with van der Waals surface area (Å²) < 4.78 is 5.69. The van der Waals surface area contributed by atoms with Crippen LogP contribution in [0.5, 0.6) is 0 Å². The third kappa shape index (κ3) is 4.10. The molecule has 0 radical (unpaired) electrons. The molecule has 0 aromatic carbocycles. The number of piperidine rings is 1. The fourth-order valence-electron chi connectivity index (χ4n) is 2.46. The van der Waals surface area contributed by atoms with Crippen LogP contribution in [0.3, 0.4) is 0 Å². The molecule has 0 aromatic rings. The summed E-state index contributed by atoms with van der Waals surface area (Å²) in [5.41, 5.74) is 5.49. The minimum atomic E-state index is 0.297. The van der Waals surface area contributed by atoms with Crippen LogP contribution in [0.1, 0.15) is 39.5 Å². The van der Waals surface area contributed by atoms with Crippen LogP contribution < -0.4 is 5.73 Å². The van der Waals surface area contributed by atoms with Gasteiger partial charge in [-0.2, -0.15) is 0 Å². The molecule has 1 heterocycles. The van der Waals surface area contributed by atoms with Crippen molar-refractivity contribution < 1.29 is 4.74 Å². The number of nitrogens with two attached hydrogens (primary N) is 1. The van der Waals surface area contributed by atoms with Crippen LogP contribution in [0.25, 0.3) is 0 Å². The minimum Gasteiger partial charge on any atom is -0.388 e. The molecule has 2 unspecified atom stereocenters. The molecule has 3 N–H and O–H groups in total. The van der Waals surface area contributed by atoms with Gasteiger partial charge in [-0.1, -0.05) is 6.92 Å². The van der Waals surface area contributed by atoms with Gasteiger partial charge in [0.1, 0.15) is 0 Å². The zero-order valence-electron chi connectivity index (χ0n) is 10.5. The molecule has 16 heavy (non-hydrogen) atoms. The van der Waals surface area contributed by atoms with Crippen LogP contribution in [0.2, 0.25) is 0 Å². The third-order valence-electron chi connectivity index (χ3n) is 3.26. The fraction of sp³-hybridized carbons (Fsp3) is 0.917. The van der Waals surface area contributed by atoms with Crippen molar-refractivity contribution in [3.05, 3.63) is 0 Å². The Labute approximate surface area is 98.6 Å². The Hall–Kier alpha value is -0.610. The summed E-state index contributed by atoms with van der Waals surface area (Å²) in [6.45, 7) is 7.13. The summed E-state index contributed by atoms with van der Waals surface area (Å²) in [4.78, 5) is 2.44. The zero-order chi connectivity index (χ0) is 12.0. The highest BCUT2D eigenvalue weighted by molar-refractivity contribution is 5.77. The first-order valence-electron chi connectivity index (χ1n) is 6.35. The van der Waals surface area contributed by atoms with Gasteiger partial charge in [-0.15, -0.1) is 0 Å². The molecule has 1 aliphatic heterocycles.